The molecule has 0 fully saturated rings. The number of hydrogen-bond donors (Lipinski definition) is 1. The monoisotopic (exact) mass is 671 g/mol. The van der Waals surface area contributed by atoms with E-state index < -0.39 is 34.4 Å². The van der Waals surface area contributed by atoms with Crippen LogP contribution in [0.15, 0.2) is 102 Å². The zero-order valence-electron chi connectivity index (χ0n) is 24.2. The summed E-state index contributed by atoms with van der Waals surface area (Å²) in [5.74, 6) is -1.02. The fraction of sp³-hybridized carbons (Fsp3) is 0.212. The van der Waals surface area contributed by atoms with Crippen LogP contribution in [0.1, 0.15) is 23.6 Å². The molecular formula is C33H32Cl3N3O4S. The van der Waals surface area contributed by atoms with Crippen molar-refractivity contribution < 1.29 is 18.0 Å². The van der Waals surface area contributed by atoms with Gasteiger partial charge in [0.1, 0.15) is 12.6 Å². The molecule has 0 aromatic heterocycles. The highest BCUT2D eigenvalue weighted by Gasteiger charge is 2.35. The van der Waals surface area contributed by atoms with Crippen molar-refractivity contribution >= 4 is 62.3 Å². The summed E-state index contributed by atoms with van der Waals surface area (Å²) in [7, 11) is -4.23. The molecule has 2 amide bonds. The third-order valence-corrected chi connectivity index (χ3v) is 9.76. The molecule has 4 aromatic rings. The molecule has 0 heterocycles. The van der Waals surface area contributed by atoms with Gasteiger partial charge in [0.15, 0.2) is 0 Å². The summed E-state index contributed by atoms with van der Waals surface area (Å²) in [6.07, 6.45) is 0.173. The van der Waals surface area contributed by atoms with Gasteiger partial charge in [-0.25, -0.2) is 8.42 Å². The van der Waals surface area contributed by atoms with Crippen LogP contribution in [0.3, 0.4) is 0 Å². The molecular weight excluding hydrogens is 641 g/mol. The summed E-state index contributed by atoms with van der Waals surface area (Å²) in [6.45, 7) is 3.22. The van der Waals surface area contributed by atoms with Crippen LogP contribution in [0.4, 0.5) is 5.69 Å². The minimum atomic E-state index is -4.23. The molecule has 0 aliphatic rings. The van der Waals surface area contributed by atoms with E-state index in [0.29, 0.717) is 27.2 Å². The molecule has 4 rings (SSSR count). The Morgan fingerprint density at radius 3 is 2.02 bits per heavy atom. The third-order valence-electron chi connectivity index (χ3n) is 7.01. The average Bonchev–Trinajstić information content (AvgIpc) is 3.00. The first-order valence-corrected chi connectivity index (χ1v) is 16.5. The Balaban J connectivity index is 1.82. The quantitative estimate of drug-likeness (QED) is 0.177. The second-order valence-electron chi connectivity index (χ2n) is 10.1. The van der Waals surface area contributed by atoms with Crippen molar-refractivity contribution in [2.75, 3.05) is 17.4 Å². The van der Waals surface area contributed by atoms with Gasteiger partial charge in [0.05, 0.1) is 10.6 Å². The van der Waals surface area contributed by atoms with Crippen molar-refractivity contribution in [3.05, 3.63) is 129 Å². The topological polar surface area (TPSA) is 86.8 Å². The van der Waals surface area contributed by atoms with Crippen LogP contribution in [0.25, 0.3) is 0 Å². The van der Waals surface area contributed by atoms with Gasteiger partial charge in [-0.3, -0.25) is 13.9 Å². The van der Waals surface area contributed by atoms with Crippen molar-refractivity contribution in [1.82, 2.24) is 10.2 Å². The predicted molar refractivity (Wildman–Crippen MR) is 177 cm³/mol. The number of anilines is 1. The van der Waals surface area contributed by atoms with Gasteiger partial charge in [0, 0.05) is 40.1 Å². The maximum Gasteiger partial charge on any atom is 0.264 e. The third kappa shape index (κ3) is 8.12. The van der Waals surface area contributed by atoms with Crippen LogP contribution in [-0.2, 0) is 32.6 Å². The normalized spacial score (nSPS) is 11.9. The van der Waals surface area contributed by atoms with Gasteiger partial charge >= 0.3 is 0 Å². The van der Waals surface area contributed by atoms with E-state index in [-0.39, 0.29) is 23.5 Å². The van der Waals surface area contributed by atoms with Gasteiger partial charge in [-0.05, 0) is 67.9 Å². The first-order chi connectivity index (χ1) is 21.0. The number of amides is 2. The van der Waals surface area contributed by atoms with Gasteiger partial charge in [-0.2, -0.15) is 0 Å². The minimum absolute atomic E-state index is 0.0103. The van der Waals surface area contributed by atoms with Crippen molar-refractivity contribution in [2.45, 2.75) is 37.8 Å². The van der Waals surface area contributed by atoms with Crippen LogP contribution < -0.4 is 9.62 Å². The summed E-state index contributed by atoms with van der Waals surface area (Å²) in [6, 6.07) is 25.7. The van der Waals surface area contributed by atoms with Crippen molar-refractivity contribution in [1.29, 1.82) is 0 Å². The summed E-state index contributed by atoms with van der Waals surface area (Å²) in [4.78, 5) is 29.4. The highest BCUT2D eigenvalue weighted by Crippen LogP contribution is 2.29. The number of hydrogen-bond acceptors (Lipinski definition) is 4. The maximum atomic E-state index is 14.4. The van der Waals surface area contributed by atoms with Crippen LogP contribution in [0, 0.1) is 6.92 Å². The van der Waals surface area contributed by atoms with Crippen LogP contribution in [0.5, 0.6) is 0 Å². The number of nitrogens with one attached hydrogen (secondary N) is 1. The molecule has 4 aromatic carbocycles. The van der Waals surface area contributed by atoms with Crippen LogP contribution in [0.2, 0.25) is 15.1 Å². The largest absolute Gasteiger partial charge is 0.355 e. The zero-order chi connectivity index (χ0) is 31.9. The van der Waals surface area contributed by atoms with E-state index in [2.05, 4.69) is 5.32 Å². The molecule has 0 saturated carbocycles. The molecule has 0 saturated heterocycles. The van der Waals surface area contributed by atoms with Crippen molar-refractivity contribution in [3.8, 4) is 0 Å². The second-order valence-corrected chi connectivity index (χ2v) is 13.2. The molecule has 0 radical (unpaired) electrons. The van der Waals surface area contributed by atoms with Gasteiger partial charge in [-0.1, -0.05) is 88.9 Å². The number of sulfonamides is 1. The van der Waals surface area contributed by atoms with Crippen molar-refractivity contribution in [3.63, 3.8) is 0 Å². The van der Waals surface area contributed by atoms with E-state index in [0.717, 1.165) is 15.4 Å². The maximum absolute atomic E-state index is 14.4. The van der Waals surface area contributed by atoms with Gasteiger partial charge in [0.25, 0.3) is 10.0 Å². The lowest BCUT2D eigenvalue weighted by Gasteiger charge is -2.34. The average molecular weight is 673 g/mol. The van der Waals surface area contributed by atoms with Crippen molar-refractivity contribution in [2.24, 2.45) is 0 Å². The number of likely N-dealkylation sites (N-methyl/N-ethyl adjacent to an activating group) is 1. The Morgan fingerprint density at radius 2 is 1.43 bits per heavy atom. The number of carbonyl (C=O) groups excluding carboxylic acids is 2. The number of halogens is 3. The van der Waals surface area contributed by atoms with Crippen LogP contribution in [-0.4, -0.2) is 44.3 Å². The SMILES string of the molecule is CCNC(=O)C(Cc1ccccc1)N(Cc1c(Cl)cccc1Cl)C(=O)CN(c1ccc(Cl)cc1)S(=O)(=O)c1ccc(C)cc1. The highest BCUT2D eigenvalue weighted by molar-refractivity contribution is 7.92. The summed E-state index contributed by atoms with van der Waals surface area (Å²) >= 11 is 19.2. The molecule has 0 aliphatic carbocycles. The molecule has 0 aliphatic heterocycles. The number of rotatable bonds is 12. The van der Waals surface area contributed by atoms with Gasteiger partial charge < -0.3 is 10.2 Å². The van der Waals surface area contributed by atoms with Gasteiger partial charge in [-0.15, -0.1) is 0 Å². The van der Waals surface area contributed by atoms with E-state index in [4.69, 9.17) is 34.8 Å². The molecule has 7 nitrogen and oxygen atoms in total. The summed E-state index contributed by atoms with van der Waals surface area (Å²) < 4.78 is 29.1. The molecule has 44 heavy (non-hydrogen) atoms. The van der Waals surface area contributed by atoms with Gasteiger partial charge in [0.2, 0.25) is 11.8 Å². The van der Waals surface area contributed by atoms with E-state index in [9.17, 15) is 18.0 Å². The molecule has 11 heteroatoms. The first-order valence-electron chi connectivity index (χ1n) is 13.9. The Labute approximate surface area is 273 Å². The highest BCUT2D eigenvalue weighted by atomic mass is 35.5. The smallest absolute Gasteiger partial charge is 0.264 e. The Bertz CT molecular complexity index is 1680. The molecule has 0 spiro atoms. The number of aryl methyl sites for hydroxylation is 1. The van der Waals surface area contributed by atoms with E-state index in [1.165, 1.54) is 29.2 Å². The molecule has 1 N–H and O–H groups in total. The van der Waals surface area contributed by atoms with Crippen LogP contribution >= 0.6 is 34.8 Å². The first kappa shape index (κ1) is 33.3. The summed E-state index contributed by atoms with van der Waals surface area (Å²) in [5.41, 5.74) is 2.36. The minimum Gasteiger partial charge on any atom is -0.355 e. The Kier molecular flexibility index (Phi) is 11.3. The number of nitrogens with zero attached hydrogens (tertiary/aromatic N) is 2. The predicted octanol–water partition coefficient (Wildman–Crippen LogP) is 6.93. The lowest BCUT2D eigenvalue weighted by atomic mass is 10.0. The fourth-order valence-corrected chi connectivity index (χ4v) is 6.73. The standard InChI is InChI=1S/C33H32Cl3N3O4S/c1-3-37-33(41)31(20-24-8-5-4-6-9-24)38(21-28-29(35)10-7-11-30(28)36)32(40)22-39(26-16-14-25(34)15-17-26)44(42,43)27-18-12-23(2)13-19-27/h4-19,31H,3,20-22H2,1-2H3,(H,37,41). The lowest BCUT2D eigenvalue weighted by Crippen LogP contribution is -2.53. The molecule has 230 valence electrons. The number of benzene rings is 4. The van der Waals surface area contributed by atoms with E-state index in [1.54, 1.807) is 49.4 Å². The Morgan fingerprint density at radius 1 is 0.818 bits per heavy atom. The fourth-order valence-electron chi connectivity index (χ4n) is 4.67. The van der Waals surface area contributed by atoms with E-state index >= 15 is 0 Å². The second kappa shape index (κ2) is 14.9. The number of carbonyl (C=O) groups is 2. The zero-order valence-corrected chi connectivity index (χ0v) is 27.3. The molecule has 1 unspecified atom stereocenters. The Hall–Kier alpha value is -3.56. The summed E-state index contributed by atoms with van der Waals surface area (Å²) in [5, 5.41) is 3.85. The lowest BCUT2D eigenvalue weighted by molar-refractivity contribution is -0.140. The van der Waals surface area contributed by atoms with E-state index in [1.807, 2.05) is 37.3 Å². The molecule has 0 bridgehead atoms. The molecule has 1 atom stereocenters.